The summed E-state index contributed by atoms with van der Waals surface area (Å²) in [6.45, 7) is 4.65. The van der Waals surface area contributed by atoms with Crippen molar-refractivity contribution in [1.82, 2.24) is 10.2 Å². The Morgan fingerprint density at radius 1 is 1.14 bits per heavy atom. The van der Waals surface area contributed by atoms with Crippen LogP contribution < -0.4 is 10.6 Å². The summed E-state index contributed by atoms with van der Waals surface area (Å²) in [5.74, 6) is -0.696. The zero-order valence-electron chi connectivity index (χ0n) is 12.7. The average Bonchev–Trinajstić information content (AvgIpc) is 2.48. The summed E-state index contributed by atoms with van der Waals surface area (Å²) >= 11 is 0. The van der Waals surface area contributed by atoms with E-state index in [0.29, 0.717) is 18.2 Å². The lowest BCUT2D eigenvalue weighted by atomic mass is 9.97. The van der Waals surface area contributed by atoms with Crippen molar-refractivity contribution in [3.05, 3.63) is 29.8 Å². The molecule has 1 aromatic carbocycles. The third kappa shape index (κ3) is 4.86. The number of carbonyl (C=O) groups is 2. The summed E-state index contributed by atoms with van der Waals surface area (Å²) in [7, 11) is 2.10. The molecule has 1 fully saturated rings. The third-order valence-corrected chi connectivity index (χ3v) is 3.91. The maximum Gasteiger partial charge on any atom is 0.313 e. The van der Waals surface area contributed by atoms with Crippen molar-refractivity contribution in [3.63, 3.8) is 0 Å². The Morgan fingerprint density at radius 3 is 2.38 bits per heavy atom. The van der Waals surface area contributed by atoms with Crippen LogP contribution in [0.4, 0.5) is 5.69 Å². The van der Waals surface area contributed by atoms with Crippen molar-refractivity contribution in [2.45, 2.75) is 19.8 Å². The van der Waals surface area contributed by atoms with E-state index in [0.717, 1.165) is 31.5 Å². The first-order valence-corrected chi connectivity index (χ1v) is 7.39. The van der Waals surface area contributed by atoms with Gasteiger partial charge in [0.05, 0.1) is 0 Å². The molecule has 1 saturated heterocycles. The van der Waals surface area contributed by atoms with Gasteiger partial charge in [-0.05, 0) is 58.0 Å². The number of hydrogen-bond donors (Lipinski definition) is 2. The number of aryl methyl sites for hydroxylation is 1. The summed E-state index contributed by atoms with van der Waals surface area (Å²) in [5, 5.41) is 5.33. The Labute approximate surface area is 125 Å². The van der Waals surface area contributed by atoms with Crippen molar-refractivity contribution in [2.75, 3.05) is 32.0 Å². The quantitative estimate of drug-likeness (QED) is 0.827. The van der Waals surface area contributed by atoms with E-state index in [2.05, 4.69) is 22.6 Å². The van der Waals surface area contributed by atoms with Gasteiger partial charge in [-0.1, -0.05) is 17.7 Å². The number of anilines is 1. The van der Waals surface area contributed by atoms with Crippen LogP contribution >= 0.6 is 0 Å². The number of rotatable bonds is 3. The largest absolute Gasteiger partial charge is 0.348 e. The lowest BCUT2D eigenvalue weighted by Gasteiger charge is -2.28. The molecule has 0 radical (unpaired) electrons. The number of carbonyl (C=O) groups excluding carboxylic acids is 2. The van der Waals surface area contributed by atoms with Gasteiger partial charge in [-0.2, -0.15) is 0 Å². The van der Waals surface area contributed by atoms with Crippen LogP contribution in [0.25, 0.3) is 0 Å². The molecule has 21 heavy (non-hydrogen) atoms. The normalized spacial score (nSPS) is 16.5. The smallest absolute Gasteiger partial charge is 0.313 e. The Hall–Kier alpha value is -1.88. The first kappa shape index (κ1) is 15.5. The second kappa shape index (κ2) is 7.22. The number of benzene rings is 1. The van der Waals surface area contributed by atoms with Crippen LogP contribution in [0.2, 0.25) is 0 Å². The molecule has 114 valence electrons. The van der Waals surface area contributed by atoms with Crippen molar-refractivity contribution < 1.29 is 9.59 Å². The molecular formula is C16H23N3O2. The lowest BCUT2D eigenvalue weighted by Crippen LogP contribution is -2.41. The molecule has 1 aromatic rings. The van der Waals surface area contributed by atoms with Crippen LogP contribution in [0.5, 0.6) is 0 Å². The summed E-state index contributed by atoms with van der Waals surface area (Å²) in [4.78, 5) is 25.9. The van der Waals surface area contributed by atoms with Crippen molar-refractivity contribution in [2.24, 2.45) is 5.92 Å². The molecule has 1 aliphatic rings. The van der Waals surface area contributed by atoms with Gasteiger partial charge in [-0.15, -0.1) is 0 Å². The van der Waals surface area contributed by atoms with Gasteiger partial charge in [0.15, 0.2) is 0 Å². The average molecular weight is 289 g/mol. The van der Waals surface area contributed by atoms with Crippen molar-refractivity contribution in [1.29, 1.82) is 0 Å². The predicted molar refractivity (Wildman–Crippen MR) is 83.0 cm³/mol. The molecule has 1 heterocycles. The Morgan fingerprint density at radius 2 is 1.76 bits per heavy atom. The SMILES string of the molecule is Cc1ccc(NC(=O)C(=O)NCC2CCN(C)CC2)cc1. The molecular weight excluding hydrogens is 266 g/mol. The fourth-order valence-electron chi connectivity index (χ4n) is 2.41. The predicted octanol–water partition coefficient (Wildman–Crippen LogP) is 1.39. The minimum Gasteiger partial charge on any atom is -0.348 e. The van der Waals surface area contributed by atoms with Crippen LogP contribution in [0.3, 0.4) is 0 Å². The maximum absolute atomic E-state index is 11.8. The van der Waals surface area contributed by atoms with Crippen LogP contribution in [0, 0.1) is 12.8 Å². The molecule has 0 aromatic heterocycles. The first-order valence-electron chi connectivity index (χ1n) is 7.39. The topological polar surface area (TPSA) is 61.4 Å². The lowest BCUT2D eigenvalue weighted by molar-refractivity contribution is -0.136. The minimum atomic E-state index is -0.605. The second-order valence-corrected chi connectivity index (χ2v) is 5.78. The van der Waals surface area contributed by atoms with Crippen molar-refractivity contribution in [3.8, 4) is 0 Å². The van der Waals surface area contributed by atoms with Crippen LogP contribution in [0.15, 0.2) is 24.3 Å². The van der Waals surface area contributed by atoms with E-state index in [1.165, 1.54) is 0 Å². The van der Waals surface area contributed by atoms with E-state index in [1.54, 1.807) is 12.1 Å². The number of piperidine rings is 1. The molecule has 1 aliphatic heterocycles. The molecule has 5 nitrogen and oxygen atoms in total. The summed E-state index contributed by atoms with van der Waals surface area (Å²) in [6.07, 6.45) is 2.13. The zero-order chi connectivity index (χ0) is 15.2. The van der Waals surface area contributed by atoms with E-state index < -0.39 is 11.8 Å². The monoisotopic (exact) mass is 289 g/mol. The Balaban J connectivity index is 1.75. The van der Waals surface area contributed by atoms with E-state index in [1.807, 2.05) is 19.1 Å². The number of hydrogen-bond acceptors (Lipinski definition) is 3. The van der Waals surface area contributed by atoms with Gasteiger partial charge in [0.25, 0.3) is 0 Å². The number of amides is 2. The first-order chi connectivity index (χ1) is 10.0. The highest BCUT2D eigenvalue weighted by Crippen LogP contribution is 2.14. The van der Waals surface area contributed by atoms with Crippen LogP contribution in [0.1, 0.15) is 18.4 Å². The van der Waals surface area contributed by atoms with Gasteiger partial charge >= 0.3 is 11.8 Å². The van der Waals surface area contributed by atoms with Crippen LogP contribution in [-0.4, -0.2) is 43.4 Å². The summed E-state index contributed by atoms with van der Waals surface area (Å²) in [5.41, 5.74) is 1.75. The molecule has 0 bridgehead atoms. The van der Waals surface area contributed by atoms with E-state index in [-0.39, 0.29) is 0 Å². The summed E-state index contributed by atoms with van der Waals surface area (Å²) < 4.78 is 0. The Bertz CT molecular complexity index is 491. The highest BCUT2D eigenvalue weighted by molar-refractivity contribution is 6.39. The molecule has 0 unspecified atom stereocenters. The highest BCUT2D eigenvalue weighted by Gasteiger charge is 2.19. The molecule has 5 heteroatoms. The fourth-order valence-corrected chi connectivity index (χ4v) is 2.41. The molecule has 0 aliphatic carbocycles. The number of likely N-dealkylation sites (tertiary alicyclic amines) is 1. The maximum atomic E-state index is 11.8. The second-order valence-electron chi connectivity index (χ2n) is 5.78. The molecule has 0 atom stereocenters. The van der Waals surface area contributed by atoms with Crippen LogP contribution in [-0.2, 0) is 9.59 Å². The molecule has 0 saturated carbocycles. The van der Waals surface area contributed by atoms with Gasteiger partial charge in [0.2, 0.25) is 0 Å². The molecule has 2 amide bonds. The summed E-state index contributed by atoms with van der Waals surface area (Å²) in [6, 6.07) is 7.37. The van der Waals surface area contributed by atoms with E-state index in [4.69, 9.17) is 0 Å². The van der Waals surface area contributed by atoms with Gasteiger partial charge in [0, 0.05) is 12.2 Å². The molecule has 2 N–H and O–H groups in total. The third-order valence-electron chi connectivity index (χ3n) is 3.91. The van der Waals surface area contributed by atoms with Gasteiger partial charge < -0.3 is 15.5 Å². The number of nitrogens with one attached hydrogen (secondary N) is 2. The van der Waals surface area contributed by atoms with Crippen molar-refractivity contribution >= 4 is 17.5 Å². The standard InChI is InChI=1S/C16H23N3O2/c1-12-3-5-14(6-4-12)18-16(21)15(20)17-11-13-7-9-19(2)10-8-13/h3-6,13H,7-11H2,1-2H3,(H,17,20)(H,18,21). The zero-order valence-corrected chi connectivity index (χ0v) is 12.7. The Kier molecular flexibility index (Phi) is 5.33. The number of nitrogens with zero attached hydrogens (tertiary/aromatic N) is 1. The van der Waals surface area contributed by atoms with E-state index >= 15 is 0 Å². The van der Waals surface area contributed by atoms with Gasteiger partial charge in [-0.25, -0.2) is 0 Å². The minimum absolute atomic E-state index is 0.470. The van der Waals surface area contributed by atoms with Gasteiger partial charge in [0.1, 0.15) is 0 Å². The fraction of sp³-hybridized carbons (Fsp3) is 0.500. The molecule has 0 spiro atoms. The molecule has 2 rings (SSSR count). The highest BCUT2D eigenvalue weighted by atomic mass is 16.2. The van der Waals surface area contributed by atoms with E-state index in [9.17, 15) is 9.59 Å². The van der Waals surface area contributed by atoms with Gasteiger partial charge in [-0.3, -0.25) is 9.59 Å².